The molecule has 0 saturated heterocycles. The first kappa shape index (κ1) is 15.6. The lowest BCUT2D eigenvalue weighted by Gasteiger charge is -2.08. The van der Waals surface area contributed by atoms with E-state index in [-0.39, 0.29) is 0 Å². The number of aryl methyl sites for hydroxylation is 1. The summed E-state index contributed by atoms with van der Waals surface area (Å²) in [7, 11) is 0. The Hall–Kier alpha value is -1.80. The van der Waals surface area contributed by atoms with Gasteiger partial charge in [0, 0.05) is 6.54 Å². The van der Waals surface area contributed by atoms with E-state index >= 15 is 0 Å². The Labute approximate surface area is 128 Å². The fourth-order valence-corrected chi connectivity index (χ4v) is 2.37. The summed E-state index contributed by atoms with van der Waals surface area (Å²) in [6.45, 7) is 4.70. The van der Waals surface area contributed by atoms with Crippen LogP contribution in [0.15, 0.2) is 54.6 Å². The minimum Gasteiger partial charge on any atom is -0.494 e. The second-order valence-corrected chi connectivity index (χ2v) is 5.20. The lowest BCUT2D eigenvalue weighted by molar-refractivity contribution is 0.340. The highest BCUT2D eigenvalue weighted by molar-refractivity contribution is 5.28. The van der Waals surface area contributed by atoms with E-state index in [4.69, 9.17) is 4.74 Å². The van der Waals surface area contributed by atoms with Gasteiger partial charge in [-0.2, -0.15) is 0 Å². The number of hydrogen-bond donors (Lipinski definition) is 1. The smallest absolute Gasteiger partial charge is 0.119 e. The molecule has 0 bridgehead atoms. The number of benzene rings is 2. The summed E-state index contributed by atoms with van der Waals surface area (Å²) >= 11 is 0. The van der Waals surface area contributed by atoms with Crippen LogP contribution in [0.5, 0.6) is 5.75 Å². The predicted octanol–water partition coefficient (Wildman–Crippen LogP) is 4.20. The van der Waals surface area contributed by atoms with E-state index < -0.39 is 0 Å². The third-order valence-electron chi connectivity index (χ3n) is 3.45. The molecule has 112 valence electrons. The molecule has 0 saturated carbocycles. The molecule has 0 spiro atoms. The number of hydrogen-bond acceptors (Lipinski definition) is 2. The minimum absolute atomic E-state index is 0.719. The summed E-state index contributed by atoms with van der Waals surface area (Å²) in [4.78, 5) is 0. The van der Waals surface area contributed by atoms with E-state index in [1.807, 2.05) is 13.0 Å². The first-order chi connectivity index (χ1) is 10.4. The Morgan fingerprint density at radius 1 is 0.905 bits per heavy atom. The van der Waals surface area contributed by atoms with Gasteiger partial charge in [0.2, 0.25) is 0 Å². The molecule has 2 rings (SSSR count). The van der Waals surface area contributed by atoms with Crippen molar-refractivity contribution in [1.29, 1.82) is 0 Å². The zero-order valence-electron chi connectivity index (χ0n) is 12.8. The third-order valence-corrected chi connectivity index (χ3v) is 3.45. The summed E-state index contributed by atoms with van der Waals surface area (Å²) in [5.74, 6) is 0.959. The van der Waals surface area contributed by atoms with Crippen LogP contribution in [0.1, 0.15) is 30.9 Å². The molecule has 2 aromatic carbocycles. The first-order valence-corrected chi connectivity index (χ1v) is 7.85. The topological polar surface area (TPSA) is 21.3 Å². The normalized spacial score (nSPS) is 10.5. The SMILES string of the molecule is CCOc1cccc(CNCCCCc2ccccc2)c1. The van der Waals surface area contributed by atoms with Gasteiger partial charge in [-0.1, -0.05) is 42.5 Å². The molecule has 0 atom stereocenters. The second-order valence-electron chi connectivity index (χ2n) is 5.20. The van der Waals surface area contributed by atoms with E-state index in [1.54, 1.807) is 0 Å². The van der Waals surface area contributed by atoms with E-state index in [0.29, 0.717) is 0 Å². The summed E-state index contributed by atoms with van der Waals surface area (Å²) < 4.78 is 5.51. The third kappa shape index (κ3) is 6.01. The van der Waals surface area contributed by atoms with Crippen molar-refractivity contribution in [2.75, 3.05) is 13.2 Å². The molecule has 1 N–H and O–H groups in total. The van der Waals surface area contributed by atoms with E-state index in [9.17, 15) is 0 Å². The highest BCUT2D eigenvalue weighted by atomic mass is 16.5. The zero-order chi connectivity index (χ0) is 14.8. The molecular weight excluding hydrogens is 258 g/mol. The molecule has 2 heteroatoms. The van der Waals surface area contributed by atoms with Crippen LogP contribution in [0.2, 0.25) is 0 Å². The van der Waals surface area contributed by atoms with Crippen molar-refractivity contribution in [2.45, 2.75) is 32.7 Å². The number of rotatable bonds is 9. The van der Waals surface area contributed by atoms with Crippen LogP contribution in [0.4, 0.5) is 0 Å². The lowest BCUT2D eigenvalue weighted by atomic mass is 10.1. The molecule has 0 aliphatic carbocycles. The maximum atomic E-state index is 5.51. The average Bonchev–Trinajstić information content (AvgIpc) is 2.52. The molecule has 0 aromatic heterocycles. The van der Waals surface area contributed by atoms with Gasteiger partial charge in [0.05, 0.1) is 6.61 Å². The quantitative estimate of drug-likeness (QED) is 0.696. The monoisotopic (exact) mass is 283 g/mol. The van der Waals surface area contributed by atoms with E-state index in [1.165, 1.54) is 30.4 Å². The maximum Gasteiger partial charge on any atom is 0.119 e. The Morgan fingerprint density at radius 2 is 1.71 bits per heavy atom. The highest BCUT2D eigenvalue weighted by Crippen LogP contribution is 2.13. The van der Waals surface area contributed by atoms with Gasteiger partial charge in [-0.25, -0.2) is 0 Å². The molecule has 0 amide bonds. The van der Waals surface area contributed by atoms with Gasteiger partial charge in [-0.3, -0.25) is 0 Å². The van der Waals surface area contributed by atoms with Crippen LogP contribution in [-0.4, -0.2) is 13.2 Å². The fourth-order valence-electron chi connectivity index (χ4n) is 2.37. The van der Waals surface area contributed by atoms with Crippen molar-refractivity contribution in [3.05, 3.63) is 65.7 Å². The van der Waals surface area contributed by atoms with Crippen molar-refractivity contribution in [2.24, 2.45) is 0 Å². The van der Waals surface area contributed by atoms with Crippen LogP contribution >= 0.6 is 0 Å². The van der Waals surface area contributed by atoms with Gasteiger partial charge < -0.3 is 10.1 Å². The summed E-state index contributed by atoms with van der Waals surface area (Å²) in [5, 5.41) is 3.50. The Balaban J connectivity index is 1.60. The minimum atomic E-state index is 0.719. The lowest BCUT2D eigenvalue weighted by Crippen LogP contribution is -2.14. The van der Waals surface area contributed by atoms with Crippen LogP contribution < -0.4 is 10.1 Å². The molecule has 2 nitrogen and oxygen atoms in total. The molecular formula is C19H25NO. The highest BCUT2D eigenvalue weighted by Gasteiger charge is 1.97. The molecule has 21 heavy (non-hydrogen) atoms. The second kappa shape index (κ2) is 9.19. The van der Waals surface area contributed by atoms with Gasteiger partial charge in [0.1, 0.15) is 5.75 Å². The van der Waals surface area contributed by atoms with Gasteiger partial charge in [0.25, 0.3) is 0 Å². The summed E-state index contributed by atoms with van der Waals surface area (Å²) in [5.41, 5.74) is 2.71. The Kier molecular flexibility index (Phi) is 6.82. The molecule has 0 heterocycles. The van der Waals surface area contributed by atoms with Gasteiger partial charge in [0.15, 0.2) is 0 Å². The predicted molar refractivity (Wildman–Crippen MR) is 88.7 cm³/mol. The number of nitrogens with one attached hydrogen (secondary N) is 1. The van der Waals surface area contributed by atoms with Crippen molar-refractivity contribution in [3.63, 3.8) is 0 Å². The van der Waals surface area contributed by atoms with Crippen molar-refractivity contribution in [1.82, 2.24) is 5.32 Å². The van der Waals surface area contributed by atoms with E-state index in [0.717, 1.165) is 25.4 Å². The maximum absolute atomic E-state index is 5.51. The van der Waals surface area contributed by atoms with E-state index in [2.05, 4.69) is 53.8 Å². The zero-order valence-corrected chi connectivity index (χ0v) is 12.8. The summed E-state index contributed by atoms with van der Waals surface area (Å²) in [6.07, 6.45) is 3.61. The molecule has 2 aromatic rings. The first-order valence-electron chi connectivity index (χ1n) is 7.85. The molecule has 0 aliphatic heterocycles. The van der Waals surface area contributed by atoms with Crippen LogP contribution in [0.25, 0.3) is 0 Å². The van der Waals surface area contributed by atoms with Gasteiger partial charge in [-0.15, -0.1) is 0 Å². The molecule has 0 radical (unpaired) electrons. The summed E-state index contributed by atoms with van der Waals surface area (Å²) in [6, 6.07) is 19.0. The van der Waals surface area contributed by atoms with Crippen molar-refractivity contribution >= 4 is 0 Å². The van der Waals surface area contributed by atoms with Crippen molar-refractivity contribution in [3.8, 4) is 5.75 Å². The van der Waals surface area contributed by atoms with Gasteiger partial charge >= 0.3 is 0 Å². The van der Waals surface area contributed by atoms with Crippen molar-refractivity contribution < 1.29 is 4.74 Å². The molecule has 0 fully saturated rings. The Morgan fingerprint density at radius 3 is 2.52 bits per heavy atom. The van der Waals surface area contributed by atoms with Crippen LogP contribution in [0, 0.1) is 0 Å². The number of ether oxygens (including phenoxy) is 1. The molecule has 0 unspecified atom stereocenters. The fraction of sp³-hybridized carbons (Fsp3) is 0.368. The standard InChI is InChI=1S/C19H25NO/c1-2-21-19-13-8-12-18(15-19)16-20-14-7-6-11-17-9-4-3-5-10-17/h3-5,8-10,12-13,15,20H,2,6-7,11,14,16H2,1H3. The average molecular weight is 283 g/mol. The number of unbranched alkanes of at least 4 members (excludes halogenated alkanes) is 1. The van der Waals surface area contributed by atoms with Crippen LogP contribution in [0.3, 0.4) is 0 Å². The molecule has 0 aliphatic rings. The van der Waals surface area contributed by atoms with Gasteiger partial charge in [-0.05, 0) is 56.0 Å². The largest absolute Gasteiger partial charge is 0.494 e. The van der Waals surface area contributed by atoms with Crippen LogP contribution in [-0.2, 0) is 13.0 Å². The Bertz CT molecular complexity index is 510.